The van der Waals surface area contributed by atoms with Gasteiger partial charge in [0.1, 0.15) is 0 Å². The molecule has 1 saturated heterocycles. The Labute approximate surface area is 153 Å². The van der Waals surface area contributed by atoms with E-state index >= 15 is 0 Å². The molecule has 2 amide bonds. The van der Waals surface area contributed by atoms with Gasteiger partial charge in [-0.1, -0.05) is 6.07 Å². The number of hydrogen-bond donors (Lipinski definition) is 0. The minimum atomic E-state index is -0.248. The molecule has 0 bridgehead atoms. The second-order valence-electron chi connectivity index (χ2n) is 6.92. The number of likely N-dealkylation sites (tertiary alicyclic amines) is 1. The van der Waals surface area contributed by atoms with E-state index in [2.05, 4.69) is 10.1 Å². The van der Waals surface area contributed by atoms with Crippen molar-refractivity contribution in [3.8, 4) is 0 Å². The standard InChI is InChI=1S/C19H25N5O2/c1-22(8-4-6-16-11-21-23(2)12-16)19(26)17-9-18(25)24(14-17)13-15-5-3-7-20-10-15/h3,5,7,10-12,17H,4,6,8-9,13-14H2,1-2H3/t17-/m0/s1. The van der Waals surface area contributed by atoms with Crippen molar-refractivity contribution < 1.29 is 9.59 Å². The molecule has 0 aliphatic carbocycles. The molecular formula is C19H25N5O2. The van der Waals surface area contributed by atoms with E-state index in [-0.39, 0.29) is 17.7 Å². The average Bonchev–Trinajstić information content (AvgIpc) is 3.21. The lowest BCUT2D eigenvalue weighted by atomic mass is 10.1. The molecule has 0 aromatic carbocycles. The number of amides is 2. The SMILES string of the molecule is CN(CCCc1cnn(C)c1)C(=O)[C@H]1CC(=O)N(Cc2cccnc2)C1. The van der Waals surface area contributed by atoms with Crippen LogP contribution in [0.5, 0.6) is 0 Å². The molecule has 2 aromatic heterocycles. The lowest BCUT2D eigenvalue weighted by Gasteiger charge is -2.21. The number of pyridine rings is 1. The zero-order valence-electron chi connectivity index (χ0n) is 15.3. The van der Waals surface area contributed by atoms with Gasteiger partial charge in [-0.25, -0.2) is 0 Å². The monoisotopic (exact) mass is 355 g/mol. The zero-order chi connectivity index (χ0) is 18.5. The van der Waals surface area contributed by atoms with Gasteiger partial charge >= 0.3 is 0 Å². The number of hydrogen-bond acceptors (Lipinski definition) is 4. The largest absolute Gasteiger partial charge is 0.345 e. The van der Waals surface area contributed by atoms with Gasteiger partial charge in [-0.3, -0.25) is 19.3 Å². The molecule has 1 aliphatic heterocycles. The van der Waals surface area contributed by atoms with Crippen LogP contribution in [0.15, 0.2) is 36.9 Å². The maximum absolute atomic E-state index is 12.7. The van der Waals surface area contributed by atoms with E-state index in [9.17, 15) is 9.59 Å². The first-order valence-corrected chi connectivity index (χ1v) is 8.92. The van der Waals surface area contributed by atoms with Crippen LogP contribution in [-0.2, 0) is 29.6 Å². The third-order valence-corrected chi connectivity index (χ3v) is 4.75. The average molecular weight is 355 g/mol. The van der Waals surface area contributed by atoms with Crippen molar-refractivity contribution >= 4 is 11.8 Å². The number of rotatable bonds is 7. The van der Waals surface area contributed by atoms with Gasteiger partial charge < -0.3 is 9.80 Å². The summed E-state index contributed by atoms with van der Waals surface area (Å²) in [5.41, 5.74) is 2.16. The van der Waals surface area contributed by atoms with Crippen molar-refractivity contribution in [1.82, 2.24) is 24.6 Å². The molecule has 0 spiro atoms. The highest BCUT2D eigenvalue weighted by Crippen LogP contribution is 2.22. The van der Waals surface area contributed by atoms with E-state index in [1.54, 1.807) is 26.9 Å². The highest BCUT2D eigenvalue weighted by atomic mass is 16.2. The molecule has 1 aliphatic rings. The summed E-state index contributed by atoms with van der Waals surface area (Å²) in [5.74, 6) is -0.156. The fraction of sp³-hybridized carbons (Fsp3) is 0.474. The van der Waals surface area contributed by atoms with Gasteiger partial charge in [0, 0.05) is 58.7 Å². The van der Waals surface area contributed by atoms with E-state index < -0.39 is 0 Å². The smallest absolute Gasteiger partial charge is 0.227 e. The minimum Gasteiger partial charge on any atom is -0.345 e. The lowest BCUT2D eigenvalue weighted by molar-refractivity contribution is -0.134. The molecule has 7 heteroatoms. The summed E-state index contributed by atoms with van der Waals surface area (Å²) >= 11 is 0. The Morgan fingerprint density at radius 2 is 2.19 bits per heavy atom. The first-order valence-electron chi connectivity index (χ1n) is 8.92. The van der Waals surface area contributed by atoms with Crippen LogP contribution in [0.1, 0.15) is 24.0 Å². The van der Waals surface area contributed by atoms with Crippen molar-refractivity contribution in [2.45, 2.75) is 25.8 Å². The number of carbonyl (C=O) groups is 2. The Morgan fingerprint density at radius 3 is 2.88 bits per heavy atom. The summed E-state index contributed by atoms with van der Waals surface area (Å²) in [4.78, 5) is 32.5. The van der Waals surface area contributed by atoms with Crippen LogP contribution in [-0.4, -0.2) is 56.5 Å². The molecule has 0 unspecified atom stereocenters. The van der Waals surface area contributed by atoms with Crippen molar-refractivity contribution in [2.24, 2.45) is 13.0 Å². The molecule has 0 radical (unpaired) electrons. The van der Waals surface area contributed by atoms with Gasteiger partial charge in [0.25, 0.3) is 0 Å². The number of nitrogens with zero attached hydrogens (tertiary/aromatic N) is 5. The zero-order valence-corrected chi connectivity index (χ0v) is 15.3. The van der Waals surface area contributed by atoms with Gasteiger partial charge in [-0.2, -0.15) is 5.10 Å². The predicted octanol–water partition coefficient (Wildman–Crippen LogP) is 1.25. The molecule has 138 valence electrons. The Balaban J connectivity index is 1.47. The summed E-state index contributed by atoms with van der Waals surface area (Å²) in [6.07, 6.45) is 9.39. The number of aryl methyl sites for hydroxylation is 2. The van der Waals surface area contributed by atoms with Gasteiger partial charge in [-0.05, 0) is 30.0 Å². The lowest BCUT2D eigenvalue weighted by Crippen LogP contribution is -2.35. The van der Waals surface area contributed by atoms with E-state index in [0.29, 0.717) is 26.1 Å². The first-order chi connectivity index (χ1) is 12.5. The van der Waals surface area contributed by atoms with Crippen LogP contribution in [0.2, 0.25) is 0 Å². The van der Waals surface area contributed by atoms with Gasteiger partial charge in [0.15, 0.2) is 0 Å². The van der Waals surface area contributed by atoms with Gasteiger partial charge in [0.05, 0.1) is 12.1 Å². The molecule has 7 nitrogen and oxygen atoms in total. The summed E-state index contributed by atoms with van der Waals surface area (Å²) in [6, 6.07) is 3.80. The normalized spacial score (nSPS) is 16.9. The highest BCUT2D eigenvalue weighted by molar-refractivity contribution is 5.89. The molecule has 1 atom stereocenters. The molecule has 0 saturated carbocycles. The predicted molar refractivity (Wildman–Crippen MR) is 96.9 cm³/mol. The topological polar surface area (TPSA) is 71.3 Å². The van der Waals surface area contributed by atoms with Crippen LogP contribution >= 0.6 is 0 Å². The quantitative estimate of drug-likeness (QED) is 0.750. The Bertz CT molecular complexity index is 758. The van der Waals surface area contributed by atoms with E-state index in [1.165, 1.54) is 5.56 Å². The summed E-state index contributed by atoms with van der Waals surface area (Å²) in [6.45, 7) is 1.68. The third-order valence-electron chi connectivity index (χ3n) is 4.75. The highest BCUT2D eigenvalue weighted by Gasteiger charge is 2.35. The number of carbonyl (C=O) groups excluding carboxylic acids is 2. The molecule has 3 heterocycles. The Hall–Kier alpha value is -2.70. The fourth-order valence-electron chi connectivity index (χ4n) is 3.35. The Morgan fingerprint density at radius 1 is 1.35 bits per heavy atom. The van der Waals surface area contributed by atoms with Crippen LogP contribution in [0, 0.1) is 5.92 Å². The maximum atomic E-state index is 12.7. The minimum absolute atomic E-state index is 0.0379. The fourth-order valence-corrected chi connectivity index (χ4v) is 3.35. The van der Waals surface area contributed by atoms with Crippen molar-refractivity contribution in [1.29, 1.82) is 0 Å². The van der Waals surface area contributed by atoms with Crippen LogP contribution < -0.4 is 0 Å². The number of aromatic nitrogens is 3. The molecule has 2 aromatic rings. The van der Waals surface area contributed by atoms with E-state index in [4.69, 9.17) is 0 Å². The molecular weight excluding hydrogens is 330 g/mol. The van der Waals surface area contributed by atoms with E-state index in [1.807, 2.05) is 38.6 Å². The Kier molecular flexibility index (Phi) is 5.65. The van der Waals surface area contributed by atoms with E-state index in [0.717, 1.165) is 18.4 Å². The van der Waals surface area contributed by atoms with Crippen molar-refractivity contribution in [3.63, 3.8) is 0 Å². The van der Waals surface area contributed by atoms with Gasteiger partial charge in [0.2, 0.25) is 11.8 Å². The second-order valence-corrected chi connectivity index (χ2v) is 6.92. The van der Waals surface area contributed by atoms with Gasteiger partial charge in [-0.15, -0.1) is 0 Å². The van der Waals surface area contributed by atoms with Crippen LogP contribution in [0.3, 0.4) is 0 Å². The summed E-state index contributed by atoms with van der Waals surface area (Å²) < 4.78 is 1.78. The maximum Gasteiger partial charge on any atom is 0.227 e. The molecule has 0 N–H and O–H groups in total. The summed E-state index contributed by atoms with van der Waals surface area (Å²) in [7, 11) is 3.72. The van der Waals surface area contributed by atoms with Crippen molar-refractivity contribution in [2.75, 3.05) is 20.1 Å². The van der Waals surface area contributed by atoms with Crippen LogP contribution in [0.25, 0.3) is 0 Å². The molecule has 3 rings (SSSR count). The third kappa shape index (κ3) is 4.47. The second kappa shape index (κ2) is 8.12. The molecule has 1 fully saturated rings. The van der Waals surface area contributed by atoms with Crippen LogP contribution in [0.4, 0.5) is 0 Å². The molecule has 26 heavy (non-hydrogen) atoms. The van der Waals surface area contributed by atoms with Crippen molar-refractivity contribution in [3.05, 3.63) is 48.0 Å². The first kappa shape index (κ1) is 18.1. The summed E-state index contributed by atoms with van der Waals surface area (Å²) in [5, 5.41) is 4.15.